The molecule has 5 heteroatoms. The van der Waals surface area contributed by atoms with Crippen LogP contribution in [-0.4, -0.2) is 28.2 Å². The molecule has 0 radical (unpaired) electrons. The molecule has 1 aliphatic rings. The van der Waals surface area contributed by atoms with Crippen molar-refractivity contribution in [2.75, 3.05) is 13.1 Å². The lowest BCUT2D eigenvalue weighted by molar-refractivity contribution is 0.218. The van der Waals surface area contributed by atoms with Gasteiger partial charge in [-0.3, -0.25) is 4.90 Å². The molecule has 1 aromatic heterocycles. The molecule has 1 fully saturated rings. The zero-order valence-electron chi connectivity index (χ0n) is 12.1. The molecule has 0 amide bonds. The monoisotopic (exact) mass is 289 g/mol. The molecule has 112 valence electrons. The van der Waals surface area contributed by atoms with E-state index >= 15 is 0 Å². The van der Waals surface area contributed by atoms with Crippen molar-refractivity contribution >= 4 is 11.0 Å². The van der Waals surface area contributed by atoms with Crippen LogP contribution >= 0.6 is 0 Å². The predicted molar refractivity (Wildman–Crippen MR) is 79.7 cm³/mol. The van der Waals surface area contributed by atoms with Gasteiger partial charge >= 0.3 is 5.63 Å². The average molecular weight is 289 g/mol. The summed E-state index contributed by atoms with van der Waals surface area (Å²) in [5, 5.41) is 20.8. The molecule has 5 nitrogen and oxygen atoms in total. The molecule has 1 aliphatic heterocycles. The van der Waals surface area contributed by atoms with Crippen LogP contribution in [0.3, 0.4) is 0 Å². The van der Waals surface area contributed by atoms with Gasteiger partial charge in [-0.2, -0.15) is 0 Å². The Kier molecular flexibility index (Phi) is 3.59. The van der Waals surface area contributed by atoms with Gasteiger partial charge in [0.2, 0.25) is 0 Å². The van der Waals surface area contributed by atoms with E-state index in [1.165, 1.54) is 18.6 Å². The highest BCUT2D eigenvalue weighted by molar-refractivity contribution is 5.87. The summed E-state index contributed by atoms with van der Waals surface area (Å²) in [7, 11) is 0. The number of aromatic hydroxyl groups is 2. The molecule has 0 atom stereocenters. The van der Waals surface area contributed by atoms with Crippen molar-refractivity contribution < 1.29 is 14.6 Å². The molecule has 0 unspecified atom stereocenters. The molecule has 3 rings (SSSR count). The number of benzene rings is 1. The Labute approximate surface area is 122 Å². The van der Waals surface area contributed by atoms with Crippen LogP contribution in [0.1, 0.15) is 30.4 Å². The van der Waals surface area contributed by atoms with Crippen molar-refractivity contribution in [3.05, 3.63) is 33.7 Å². The second-order valence-electron chi connectivity index (χ2n) is 5.68. The highest BCUT2D eigenvalue weighted by atomic mass is 16.4. The minimum atomic E-state index is -0.440. The number of fused-ring (bicyclic) bond motifs is 1. The van der Waals surface area contributed by atoms with Crippen LogP contribution < -0.4 is 5.63 Å². The number of nitrogens with zero attached hydrogens (tertiary/aromatic N) is 1. The number of hydrogen-bond acceptors (Lipinski definition) is 5. The summed E-state index contributed by atoms with van der Waals surface area (Å²) in [5.74, 6) is -0.367. The van der Waals surface area contributed by atoms with Crippen molar-refractivity contribution in [3.63, 3.8) is 0 Å². The van der Waals surface area contributed by atoms with Crippen LogP contribution in [0.5, 0.6) is 11.5 Å². The fraction of sp³-hybridized carbons (Fsp3) is 0.438. The van der Waals surface area contributed by atoms with Crippen LogP contribution in [-0.2, 0) is 6.54 Å². The van der Waals surface area contributed by atoms with E-state index in [0.29, 0.717) is 23.1 Å². The number of likely N-dealkylation sites (tertiary alicyclic amines) is 1. The Balaban J connectivity index is 2.14. The number of piperidine rings is 1. The molecule has 2 N–H and O–H groups in total. The van der Waals surface area contributed by atoms with Gasteiger partial charge in [0.15, 0.2) is 11.5 Å². The summed E-state index contributed by atoms with van der Waals surface area (Å²) < 4.78 is 5.30. The van der Waals surface area contributed by atoms with Crippen LogP contribution in [0.15, 0.2) is 21.3 Å². The third kappa shape index (κ3) is 2.61. The summed E-state index contributed by atoms with van der Waals surface area (Å²) in [6, 6.07) is 2.84. The SMILES string of the molecule is Cc1cc(=O)oc2c(CN3CCCCC3)c(O)c(O)cc12. The van der Waals surface area contributed by atoms with Crippen LogP contribution in [0.2, 0.25) is 0 Å². The van der Waals surface area contributed by atoms with Gasteiger partial charge in [0.1, 0.15) is 5.58 Å². The van der Waals surface area contributed by atoms with Gasteiger partial charge in [-0.25, -0.2) is 4.79 Å². The lowest BCUT2D eigenvalue weighted by Crippen LogP contribution is -2.29. The van der Waals surface area contributed by atoms with E-state index in [-0.39, 0.29) is 11.5 Å². The van der Waals surface area contributed by atoms with E-state index in [9.17, 15) is 15.0 Å². The average Bonchev–Trinajstić information content (AvgIpc) is 2.46. The van der Waals surface area contributed by atoms with Crippen molar-refractivity contribution in [2.24, 2.45) is 0 Å². The highest BCUT2D eigenvalue weighted by Gasteiger charge is 2.20. The first-order valence-electron chi connectivity index (χ1n) is 7.27. The van der Waals surface area contributed by atoms with Crippen molar-refractivity contribution in [1.82, 2.24) is 4.90 Å². The number of rotatable bonds is 2. The Morgan fingerprint density at radius 2 is 1.90 bits per heavy atom. The number of phenolic OH excluding ortho intramolecular Hbond substituents is 2. The second kappa shape index (κ2) is 5.41. The molecule has 1 saturated heterocycles. The molecule has 0 aliphatic carbocycles. The molecule has 2 heterocycles. The summed E-state index contributed by atoms with van der Waals surface area (Å²) in [4.78, 5) is 13.8. The first-order valence-corrected chi connectivity index (χ1v) is 7.27. The first-order chi connectivity index (χ1) is 10.1. The molecule has 21 heavy (non-hydrogen) atoms. The van der Waals surface area contributed by atoms with Crippen LogP contribution in [0.4, 0.5) is 0 Å². The van der Waals surface area contributed by atoms with Gasteiger partial charge in [0.25, 0.3) is 0 Å². The van der Waals surface area contributed by atoms with E-state index in [1.807, 2.05) is 0 Å². The third-order valence-corrected chi connectivity index (χ3v) is 4.12. The minimum Gasteiger partial charge on any atom is -0.504 e. The molecule has 0 spiro atoms. The Morgan fingerprint density at radius 3 is 2.62 bits per heavy atom. The smallest absolute Gasteiger partial charge is 0.336 e. The van der Waals surface area contributed by atoms with Crippen molar-refractivity contribution in [1.29, 1.82) is 0 Å². The van der Waals surface area contributed by atoms with E-state index in [2.05, 4.69) is 4.90 Å². The molecular formula is C16H19NO4. The zero-order valence-corrected chi connectivity index (χ0v) is 12.1. The second-order valence-corrected chi connectivity index (χ2v) is 5.68. The Morgan fingerprint density at radius 1 is 1.19 bits per heavy atom. The topological polar surface area (TPSA) is 73.9 Å². The zero-order chi connectivity index (χ0) is 15.0. The quantitative estimate of drug-likeness (QED) is 0.656. The van der Waals surface area contributed by atoms with Gasteiger partial charge < -0.3 is 14.6 Å². The number of hydrogen-bond donors (Lipinski definition) is 2. The number of aryl methyl sites for hydroxylation is 1. The van der Waals surface area contributed by atoms with E-state index in [0.717, 1.165) is 31.5 Å². The standard InChI is InChI=1S/C16H19NO4/c1-10-7-14(19)21-16-11(10)8-13(18)15(20)12(16)9-17-5-3-2-4-6-17/h7-8,18,20H,2-6,9H2,1H3. The highest BCUT2D eigenvalue weighted by Crippen LogP contribution is 2.37. The van der Waals surface area contributed by atoms with E-state index in [4.69, 9.17) is 4.42 Å². The normalized spacial score (nSPS) is 16.4. The minimum absolute atomic E-state index is 0.175. The van der Waals surface area contributed by atoms with Gasteiger partial charge in [0.05, 0.1) is 5.56 Å². The van der Waals surface area contributed by atoms with Crippen molar-refractivity contribution in [2.45, 2.75) is 32.7 Å². The molecule has 0 bridgehead atoms. The Hall–Kier alpha value is -2.01. The lowest BCUT2D eigenvalue weighted by Gasteiger charge is -2.27. The third-order valence-electron chi connectivity index (χ3n) is 4.12. The maximum absolute atomic E-state index is 11.6. The fourth-order valence-corrected chi connectivity index (χ4v) is 2.98. The van der Waals surface area contributed by atoms with Gasteiger partial charge in [-0.15, -0.1) is 0 Å². The fourth-order valence-electron chi connectivity index (χ4n) is 2.98. The molecule has 2 aromatic rings. The maximum atomic E-state index is 11.6. The van der Waals surface area contributed by atoms with Crippen LogP contribution in [0, 0.1) is 6.92 Å². The summed E-state index contributed by atoms with van der Waals surface area (Å²) in [5.41, 5.74) is 1.16. The van der Waals surface area contributed by atoms with E-state index < -0.39 is 5.63 Å². The largest absolute Gasteiger partial charge is 0.504 e. The van der Waals surface area contributed by atoms with Gasteiger partial charge in [-0.05, 0) is 44.5 Å². The van der Waals surface area contributed by atoms with Crippen molar-refractivity contribution in [3.8, 4) is 11.5 Å². The van der Waals surface area contributed by atoms with Crippen LogP contribution in [0.25, 0.3) is 11.0 Å². The maximum Gasteiger partial charge on any atom is 0.336 e. The lowest BCUT2D eigenvalue weighted by atomic mass is 10.0. The summed E-state index contributed by atoms with van der Waals surface area (Å²) in [6.07, 6.45) is 3.47. The summed E-state index contributed by atoms with van der Waals surface area (Å²) >= 11 is 0. The predicted octanol–water partition coefficient (Wildman–Crippen LogP) is 2.50. The molecule has 0 saturated carbocycles. The van der Waals surface area contributed by atoms with E-state index in [1.54, 1.807) is 6.92 Å². The molecule has 1 aromatic carbocycles. The van der Waals surface area contributed by atoms with Gasteiger partial charge in [-0.1, -0.05) is 6.42 Å². The van der Waals surface area contributed by atoms with Gasteiger partial charge in [0, 0.05) is 18.0 Å². The Bertz CT molecular complexity index is 729. The number of phenols is 2. The molecular weight excluding hydrogens is 270 g/mol. The first kappa shape index (κ1) is 13.9. The summed E-state index contributed by atoms with van der Waals surface area (Å²) in [6.45, 7) is 4.17.